The molecule has 1 aromatic heterocycles. The van der Waals surface area contributed by atoms with E-state index in [1.54, 1.807) is 0 Å². The minimum atomic E-state index is -0.653. The number of nitrogens with zero attached hydrogens (tertiary/aromatic N) is 2. The maximum Gasteiger partial charge on any atom is 0.258 e. The van der Waals surface area contributed by atoms with E-state index < -0.39 is 6.10 Å². The van der Waals surface area contributed by atoms with Gasteiger partial charge in [0, 0.05) is 5.56 Å². The van der Waals surface area contributed by atoms with Gasteiger partial charge in [0.15, 0.2) is 0 Å². The number of ether oxygens (including phenoxy) is 1. The molecule has 1 unspecified atom stereocenters. The Labute approximate surface area is 111 Å². The van der Waals surface area contributed by atoms with Crippen molar-refractivity contribution in [2.24, 2.45) is 0 Å². The monoisotopic (exact) mass is 260 g/mol. The molecule has 1 aliphatic heterocycles. The first kappa shape index (κ1) is 12.3. The van der Waals surface area contributed by atoms with Crippen LogP contribution in [0.4, 0.5) is 0 Å². The summed E-state index contributed by atoms with van der Waals surface area (Å²) < 4.78 is 10.6. The summed E-state index contributed by atoms with van der Waals surface area (Å²) >= 11 is 0. The zero-order chi connectivity index (χ0) is 13.2. The van der Waals surface area contributed by atoms with Gasteiger partial charge in [-0.2, -0.15) is 4.98 Å². The minimum absolute atomic E-state index is 0.355. The number of benzene rings is 1. The fourth-order valence-electron chi connectivity index (χ4n) is 2.20. The molecular formula is C14H16N2O3. The van der Waals surface area contributed by atoms with Crippen molar-refractivity contribution in [1.82, 2.24) is 10.1 Å². The second-order valence-corrected chi connectivity index (χ2v) is 4.74. The molecule has 19 heavy (non-hydrogen) atoms. The zero-order valence-electron chi connectivity index (χ0n) is 10.8. The molecule has 0 bridgehead atoms. The minimum Gasteiger partial charge on any atom is -0.385 e. The summed E-state index contributed by atoms with van der Waals surface area (Å²) in [6, 6.07) is 5.97. The highest BCUT2D eigenvalue weighted by Crippen LogP contribution is 2.27. The predicted molar refractivity (Wildman–Crippen MR) is 68.1 cm³/mol. The van der Waals surface area contributed by atoms with Crippen LogP contribution in [0.3, 0.4) is 0 Å². The zero-order valence-corrected chi connectivity index (χ0v) is 10.8. The number of hydrogen-bond donors (Lipinski definition) is 1. The Balaban J connectivity index is 1.86. The lowest BCUT2D eigenvalue weighted by Gasteiger charge is -2.01. The molecule has 0 radical (unpaired) electrons. The van der Waals surface area contributed by atoms with Crippen molar-refractivity contribution >= 4 is 0 Å². The average Bonchev–Trinajstić information content (AvgIpc) is 3.07. The van der Waals surface area contributed by atoms with E-state index in [0.717, 1.165) is 17.5 Å². The van der Waals surface area contributed by atoms with Gasteiger partial charge in [0.1, 0.15) is 6.10 Å². The summed E-state index contributed by atoms with van der Waals surface area (Å²) in [6.45, 7) is 3.30. The Bertz CT molecular complexity index is 580. The van der Waals surface area contributed by atoms with Gasteiger partial charge in [0.2, 0.25) is 5.82 Å². The van der Waals surface area contributed by atoms with Gasteiger partial charge in [-0.3, -0.25) is 0 Å². The van der Waals surface area contributed by atoms with Crippen LogP contribution in [0.15, 0.2) is 22.7 Å². The Morgan fingerprint density at radius 2 is 2.16 bits per heavy atom. The number of aromatic nitrogens is 2. The number of aliphatic hydroxyl groups excluding tert-OH is 1. The van der Waals surface area contributed by atoms with E-state index in [0.29, 0.717) is 31.3 Å². The summed E-state index contributed by atoms with van der Waals surface area (Å²) in [5.74, 6) is 0.799. The van der Waals surface area contributed by atoms with Crippen molar-refractivity contribution < 1.29 is 14.4 Å². The molecule has 0 amide bonds. The van der Waals surface area contributed by atoms with Gasteiger partial charge < -0.3 is 14.4 Å². The smallest absolute Gasteiger partial charge is 0.258 e. The standard InChI is InChI=1S/C14H16N2O3/c1-2-3-12(17)13-15-14(19-16-13)9-4-5-10-7-18-8-11(10)6-9/h4-6,12,17H,2-3,7-8H2,1H3. The van der Waals surface area contributed by atoms with Crippen LogP contribution in [-0.4, -0.2) is 15.2 Å². The van der Waals surface area contributed by atoms with Crippen LogP contribution >= 0.6 is 0 Å². The molecule has 1 atom stereocenters. The quantitative estimate of drug-likeness (QED) is 0.915. The first-order valence-electron chi connectivity index (χ1n) is 6.49. The van der Waals surface area contributed by atoms with Gasteiger partial charge in [-0.05, 0) is 29.7 Å². The van der Waals surface area contributed by atoms with E-state index in [1.165, 1.54) is 5.56 Å². The van der Waals surface area contributed by atoms with Gasteiger partial charge in [-0.1, -0.05) is 24.6 Å². The molecule has 2 heterocycles. The Morgan fingerprint density at radius 3 is 3.00 bits per heavy atom. The number of hydrogen-bond acceptors (Lipinski definition) is 5. The van der Waals surface area contributed by atoms with Crippen LogP contribution in [0.2, 0.25) is 0 Å². The lowest BCUT2D eigenvalue weighted by molar-refractivity contribution is 0.134. The third-order valence-electron chi connectivity index (χ3n) is 3.27. The first-order valence-corrected chi connectivity index (χ1v) is 6.49. The van der Waals surface area contributed by atoms with Crippen molar-refractivity contribution in [2.75, 3.05) is 0 Å². The van der Waals surface area contributed by atoms with Crippen molar-refractivity contribution in [3.8, 4) is 11.5 Å². The summed E-state index contributed by atoms with van der Waals surface area (Å²) in [4.78, 5) is 4.26. The van der Waals surface area contributed by atoms with Crippen molar-refractivity contribution in [3.05, 3.63) is 35.2 Å². The third kappa shape index (κ3) is 2.39. The summed E-state index contributed by atoms with van der Waals surface area (Å²) in [6.07, 6.45) is 0.860. The van der Waals surface area contributed by atoms with E-state index in [-0.39, 0.29) is 0 Å². The Hall–Kier alpha value is -1.72. The molecule has 3 rings (SSSR count). The lowest BCUT2D eigenvalue weighted by Crippen LogP contribution is -1.98. The number of aliphatic hydroxyl groups is 1. The fourth-order valence-corrected chi connectivity index (χ4v) is 2.20. The predicted octanol–water partition coefficient (Wildman–Crippen LogP) is 2.60. The van der Waals surface area contributed by atoms with Crippen molar-refractivity contribution in [1.29, 1.82) is 0 Å². The number of rotatable bonds is 4. The topological polar surface area (TPSA) is 68.4 Å². The lowest BCUT2D eigenvalue weighted by atomic mass is 10.1. The molecule has 0 fully saturated rings. The van der Waals surface area contributed by atoms with E-state index in [2.05, 4.69) is 10.1 Å². The van der Waals surface area contributed by atoms with Gasteiger partial charge >= 0.3 is 0 Å². The second kappa shape index (κ2) is 5.11. The van der Waals surface area contributed by atoms with Crippen LogP contribution in [0.1, 0.15) is 42.8 Å². The van der Waals surface area contributed by atoms with E-state index >= 15 is 0 Å². The molecule has 2 aromatic rings. The molecule has 1 aliphatic rings. The van der Waals surface area contributed by atoms with E-state index in [1.807, 2.05) is 25.1 Å². The third-order valence-corrected chi connectivity index (χ3v) is 3.27. The van der Waals surface area contributed by atoms with Crippen LogP contribution in [0.25, 0.3) is 11.5 Å². The fraction of sp³-hybridized carbons (Fsp3) is 0.429. The van der Waals surface area contributed by atoms with Crippen molar-refractivity contribution in [3.63, 3.8) is 0 Å². The summed E-state index contributed by atoms with van der Waals surface area (Å²) in [7, 11) is 0. The highest BCUT2D eigenvalue weighted by atomic mass is 16.5. The van der Waals surface area contributed by atoms with Crippen LogP contribution < -0.4 is 0 Å². The molecule has 1 N–H and O–H groups in total. The summed E-state index contributed by atoms with van der Waals surface area (Å²) in [5.41, 5.74) is 3.23. The Kier molecular flexibility index (Phi) is 3.31. The SMILES string of the molecule is CCCC(O)c1noc(-c2ccc3c(c2)COC3)n1. The van der Waals surface area contributed by atoms with Crippen LogP contribution in [0, 0.1) is 0 Å². The second-order valence-electron chi connectivity index (χ2n) is 4.74. The normalized spacial score (nSPS) is 15.5. The van der Waals surface area contributed by atoms with E-state index in [9.17, 15) is 5.11 Å². The van der Waals surface area contributed by atoms with Crippen LogP contribution in [-0.2, 0) is 18.0 Å². The molecule has 0 spiro atoms. The average molecular weight is 260 g/mol. The number of fused-ring (bicyclic) bond motifs is 1. The van der Waals surface area contributed by atoms with Gasteiger partial charge in [0.25, 0.3) is 5.89 Å². The largest absolute Gasteiger partial charge is 0.385 e. The maximum atomic E-state index is 9.83. The molecule has 0 saturated heterocycles. The highest BCUT2D eigenvalue weighted by molar-refractivity contribution is 5.56. The molecule has 5 nitrogen and oxygen atoms in total. The molecule has 0 aliphatic carbocycles. The van der Waals surface area contributed by atoms with Crippen molar-refractivity contribution in [2.45, 2.75) is 39.1 Å². The van der Waals surface area contributed by atoms with Gasteiger partial charge in [0.05, 0.1) is 13.2 Å². The van der Waals surface area contributed by atoms with E-state index in [4.69, 9.17) is 9.26 Å². The maximum absolute atomic E-state index is 9.83. The van der Waals surface area contributed by atoms with Crippen LogP contribution in [0.5, 0.6) is 0 Å². The molecule has 100 valence electrons. The Morgan fingerprint density at radius 1 is 1.32 bits per heavy atom. The molecule has 5 heteroatoms. The summed E-state index contributed by atoms with van der Waals surface area (Å²) in [5, 5.41) is 13.7. The first-order chi connectivity index (χ1) is 9.28. The molecule has 1 aromatic carbocycles. The van der Waals surface area contributed by atoms with Gasteiger partial charge in [-0.25, -0.2) is 0 Å². The van der Waals surface area contributed by atoms with Gasteiger partial charge in [-0.15, -0.1) is 0 Å². The highest BCUT2D eigenvalue weighted by Gasteiger charge is 2.18. The molecule has 0 saturated carbocycles. The molecular weight excluding hydrogens is 244 g/mol.